The summed E-state index contributed by atoms with van der Waals surface area (Å²) in [5, 5.41) is 3.52. The number of hydrogen-bond donors (Lipinski definition) is 2. The predicted molar refractivity (Wildman–Crippen MR) is 108 cm³/mol. The number of nitrogens with one attached hydrogen (secondary N) is 1. The zero-order valence-electron chi connectivity index (χ0n) is 14.8. The molecule has 146 valence electrons. The summed E-state index contributed by atoms with van der Waals surface area (Å²) in [6.07, 6.45) is 2.02. The van der Waals surface area contributed by atoms with Gasteiger partial charge in [0.1, 0.15) is 11.5 Å². The topological polar surface area (TPSA) is 89.6 Å². The Morgan fingerprint density at radius 1 is 1.39 bits per heavy atom. The van der Waals surface area contributed by atoms with Crippen LogP contribution < -0.4 is 11.1 Å². The van der Waals surface area contributed by atoms with Gasteiger partial charge in [-0.2, -0.15) is 0 Å². The normalized spacial score (nSPS) is 24.2. The summed E-state index contributed by atoms with van der Waals surface area (Å²) in [6, 6.07) is 7.72. The Bertz CT molecular complexity index is 940. The summed E-state index contributed by atoms with van der Waals surface area (Å²) in [5.74, 6) is -0.141. The molecule has 3 N–H and O–H groups in total. The van der Waals surface area contributed by atoms with E-state index < -0.39 is 17.3 Å². The smallest absolute Gasteiger partial charge is 0.274 e. The van der Waals surface area contributed by atoms with Gasteiger partial charge >= 0.3 is 0 Å². The van der Waals surface area contributed by atoms with Crippen LogP contribution in [0.3, 0.4) is 0 Å². The molecule has 1 unspecified atom stereocenters. The van der Waals surface area contributed by atoms with Gasteiger partial charge in [0, 0.05) is 30.9 Å². The van der Waals surface area contributed by atoms with Crippen LogP contribution >= 0.6 is 23.4 Å². The number of thioether (sulfide) groups is 1. The van der Waals surface area contributed by atoms with Gasteiger partial charge in [0.15, 0.2) is 5.17 Å². The van der Waals surface area contributed by atoms with E-state index in [0.29, 0.717) is 29.8 Å². The number of aliphatic imine (C=N–C) groups is 1. The van der Waals surface area contributed by atoms with Crippen molar-refractivity contribution in [2.45, 2.75) is 12.0 Å². The number of benzene rings is 1. The highest BCUT2D eigenvalue weighted by Gasteiger charge is 2.45. The number of pyridine rings is 1. The van der Waals surface area contributed by atoms with Gasteiger partial charge in [-0.25, -0.2) is 9.37 Å². The van der Waals surface area contributed by atoms with Crippen LogP contribution in [0, 0.1) is 11.7 Å². The third-order valence-electron chi connectivity index (χ3n) is 5.04. The van der Waals surface area contributed by atoms with E-state index in [4.69, 9.17) is 27.1 Å². The minimum atomic E-state index is -0.570. The number of nitrogens with zero attached hydrogens (tertiary/aromatic N) is 2. The number of fused-ring (bicyclic) bond motifs is 1. The van der Waals surface area contributed by atoms with Crippen molar-refractivity contribution in [1.29, 1.82) is 0 Å². The summed E-state index contributed by atoms with van der Waals surface area (Å²) < 4.78 is 20.1. The molecular weight excluding hydrogens is 403 g/mol. The first-order chi connectivity index (χ1) is 13.5. The summed E-state index contributed by atoms with van der Waals surface area (Å²) in [4.78, 5) is 21.1. The van der Waals surface area contributed by atoms with Crippen molar-refractivity contribution >= 4 is 40.1 Å². The van der Waals surface area contributed by atoms with Gasteiger partial charge in [-0.05, 0) is 29.8 Å². The lowest BCUT2D eigenvalue weighted by molar-refractivity contribution is 0.0101. The molecule has 28 heavy (non-hydrogen) atoms. The molecule has 2 atom stereocenters. The number of carbonyl (C=O) groups is 1. The van der Waals surface area contributed by atoms with Crippen molar-refractivity contribution < 1.29 is 13.9 Å². The Labute approximate surface area is 170 Å². The van der Waals surface area contributed by atoms with Crippen LogP contribution in [0.15, 0.2) is 41.5 Å². The third kappa shape index (κ3) is 3.59. The van der Waals surface area contributed by atoms with Crippen LogP contribution in [0.2, 0.25) is 5.02 Å². The molecule has 1 fully saturated rings. The van der Waals surface area contributed by atoms with E-state index in [1.165, 1.54) is 30.1 Å². The largest absolute Gasteiger partial charge is 0.381 e. The fourth-order valence-electron chi connectivity index (χ4n) is 3.57. The van der Waals surface area contributed by atoms with Crippen LogP contribution in [0.25, 0.3) is 0 Å². The molecule has 0 spiro atoms. The second-order valence-electron chi connectivity index (χ2n) is 6.72. The first-order valence-electron chi connectivity index (χ1n) is 8.77. The minimum absolute atomic E-state index is 0.0749. The fraction of sp³-hybridized carbons (Fsp3) is 0.316. The molecule has 1 aromatic heterocycles. The molecule has 2 aliphatic rings. The Balaban J connectivity index is 1.67. The highest BCUT2D eigenvalue weighted by Crippen LogP contribution is 2.45. The van der Waals surface area contributed by atoms with Crippen LogP contribution in [0.1, 0.15) is 22.5 Å². The van der Waals surface area contributed by atoms with Crippen LogP contribution in [0.5, 0.6) is 0 Å². The van der Waals surface area contributed by atoms with E-state index in [1.807, 2.05) is 0 Å². The van der Waals surface area contributed by atoms with E-state index in [2.05, 4.69) is 10.3 Å². The van der Waals surface area contributed by atoms with Crippen molar-refractivity contribution in [1.82, 2.24) is 4.98 Å². The molecular formula is C19H18ClFN4O2S. The van der Waals surface area contributed by atoms with Gasteiger partial charge in [-0.3, -0.25) is 9.79 Å². The molecule has 4 rings (SSSR count). The van der Waals surface area contributed by atoms with Crippen LogP contribution in [0.4, 0.5) is 10.1 Å². The molecule has 1 amide bonds. The van der Waals surface area contributed by atoms with Crippen molar-refractivity contribution in [2.24, 2.45) is 16.6 Å². The van der Waals surface area contributed by atoms with E-state index in [1.54, 1.807) is 18.2 Å². The first-order valence-corrected chi connectivity index (χ1v) is 10.1. The number of nitrogens with two attached hydrogens (primary N) is 1. The quantitative estimate of drug-likeness (QED) is 0.794. The maximum absolute atomic E-state index is 14.4. The molecule has 9 heteroatoms. The lowest BCUT2D eigenvalue weighted by atomic mass is 9.75. The van der Waals surface area contributed by atoms with Gasteiger partial charge in [0.05, 0.1) is 22.9 Å². The predicted octanol–water partition coefficient (Wildman–Crippen LogP) is 3.42. The van der Waals surface area contributed by atoms with Gasteiger partial charge in [0.2, 0.25) is 0 Å². The van der Waals surface area contributed by atoms with Crippen molar-refractivity contribution in [3.8, 4) is 0 Å². The number of rotatable bonds is 3. The Hall–Kier alpha value is -2.16. The number of carbonyl (C=O) groups excluding carboxylic acids is 1. The van der Waals surface area contributed by atoms with Gasteiger partial charge in [0.25, 0.3) is 5.91 Å². The maximum atomic E-state index is 14.4. The fourth-order valence-corrected chi connectivity index (χ4v) is 4.66. The van der Waals surface area contributed by atoms with E-state index in [9.17, 15) is 9.18 Å². The molecule has 1 saturated heterocycles. The molecule has 3 heterocycles. The second kappa shape index (κ2) is 7.69. The maximum Gasteiger partial charge on any atom is 0.274 e. The number of amides is 1. The Morgan fingerprint density at radius 2 is 2.25 bits per heavy atom. The number of ether oxygens (including phenoxy) is 1. The van der Waals surface area contributed by atoms with Gasteiger partial charge in [-0.15, -0.1) is 0 Å². The van der Waals surface area contributed by atoms with Gasteiger partial charge in [-0.1, -0.05) is 29.4 Å². The molecule has 2 aromatic rings. The van der Waals surface area contributed by atoms with Crippen molar-refractivity contribution in [2.75, 3.05) is 24.3 Å². The molecule has 6 nitrogen and oxygen atoms in total. The lowest BCUT2D eigenvalue weighted by Gasteiger charge is -2.44. The standard InChI is InChI=1S/C19H18ClFN4O2S/c20-13-2-4-15(23-8-13)17(26)24-16-7-11(1-3-14(16)21)19-5-6-27-9-12(19)10-28-18(22)25-19/h1-4,7-8,12H,5-6,9-10H2,(H2,22,25)(H,24,26)/t12?,19-/m0/s1. The summed E-state index contributed by atoms with van der Waals surface area (Å²) in [7, 11) is 0. The SMILES string of the molecule is NC1=N[C@]2(c3ccc(F)c(NC(=O)c4ccc(Cl)cn4)c3)CCOCC2CS1. The molecule has 0 radical (unpaired) electrons. The number of anilines is 1. The monoisotopic (exact) mass is 420 g/mol. The zero-order chi connectivity index (χ0) is 19.7. The molecule has 2 aliphatic heterocycles. The number of hydrogen-bond acceptors (Lipinski definition) is 6. The zero-order valence-corrected chi connectivity index (χ0v) is 16.4. The number of aromatic nitrogens is 1. The summed E-state index contributed by atoms with van der Waals surface area (Å²) >= 11 is 7.29. The average molecular weight is 421 g/mol. The molecule has 0 bridgehead atoms. The van der Waals surface area contributed by atoms with Gasteiger partial charge < -0.3 is 15.8 Å². The van der Waals surface area contributed by atoms with Crippen molar-refractivity contribution in [3.63, 3.8) is 0 Å². The first kappa shape index (κ1) is 19.2. The summed E-state index contributed by atoms with van der Waals surface area (Å²) in [6.45, 7) is 1.11. The third-order valence-corrected chi connectivity index (χ3v) is 6.22. The minimum Gasteiger partial charge on any atom is -0.381 e. The molecule has 0 saturated carbocycles. The lowest BCUT2D eigenvalue weighted by Crippen LogP contribution is -2.46. The van der Waals surface area contributed by atoms with Crippen LogP contribution in [-0.4, -0.2) is 35.0 Å². The Morgan fingerprint density at radius 3 is 3.04 bits per heavy atom. The number of amidine groups is 1. The number of halogens is 2. The second-order valence-corrected chi connectivity index (χ2v) is 8.19. The highest BCUT2D eigenvalue weighted by atomic mass is 35.5. The highest BCUT2D eigenvalue weighted by molar-refractivity contribution is 8.13. The molecule has 1 aromatic carbocycles. The van der Waals surface area contributed by atoms with Crippen molar-refractivity contribution in [3.05, 3.63) is 58.6 Å². The summed E-state index contributed by atoms with van der Waals surface area (Å²) in [5.41, 5.74) is 6.47. The van der Waals surface area contributed by atoms with E-state index in [0.717, 1.165) is 11.3 Å². The average Bonchev–Trinajstić information content (AvgIpc) is 2.69. The van der Waals surface area contributed by atoms with E-state index >= 15 is 0 Å². The van der Waals surface area contributed by atoms with E-state index in [-0.39, 0.29) is 17.3 Å². The van der Waals surface area contributed by atoms with Crippen LogP contribution in [-0.2, 0) is 10.3 Å². The molecule has 0 aliphatic carbocycles. The Kier molecular flexibility index (Phi) is 5.27.